The van der Waals surface area contributed by atoms with Crippen molar-refractivity contribution >= 4 is 43.9 Å². The fourth-order valence-electron chi connectivity index (χ4n) is 3.12. The van der Waals surface area contributed by atoms with Gasteiger partial charge in [-0.2, -0.15) is 0 Å². The number of urea groups is 1. The zero-order valence-electron chi connectivity index (χ0n) is 17.3. The molecular weight excluding hydrogens is 418 g/mol. The number of sulfonamides is 1. The van der Waals surface area contributed by atoms with Crippen molar-refractivity contribution < 1.29 is 18.0 Å². The third-order valence-corrected chi connectivity index (χ3v) is 5.97. The van der Waals surface area contributed by atoms with Crippen LogP contribution >= 0.6 is 0 Å². The molecule has 0 heterocycles. The fourth-order valence-corrected chi connectivity index (χ4v) is 4.40. The maximum atomic E-state index is 13.1. The van der Waals surface area contributed by atoms with Crippen molar-refractivity contribution in [3.8, 4) is 0 Å². The van der Waals surface area contributed by atoms with Gasteiger partial charge in [0.05, 0.1) is 11.5 Å². The summed E-state index contributed by atoms with van der Waals surface area (Å²) in [6, 6.07) is 16.7. The highest BCUT2D eigenvalue weighted by Gasteiger charge is 2.18. The summed E-state index contributed by atoms with van der Waals surface area (Å²) in [6.45, 7) is 0.457. The number of fused-ring (bicyclic) bond motifs is 1. The van der Waals surface area contributed by atoms with Crippen LogP contribution in [0.15, 0.2) is 65.6 Å². The fraction of sp³-hybridized carbons (Fsp3) is 0.190. The molecule has 164 valence electrons. The molecule has 0 saturated heterocycles. The molecule has 3 aromatic carbocycles. The molecule has 0 atom stereocenters. The molecule has 0 bridgehead atoms. The van der Waals surface area contributed by atoms with Crippen molar-refractivity contribution in [3.63, 3.8) is 0 Å². The summed E-state index contributed by atoms with van der Waals surface area (Å²) < 4.78 is 28.8. The van der Waals surface area contributed by atoms with Gasteiger partial charge in [-0.05, 0) is 36.4 Å². The van der Waals surface area contributed by atoms with Crippen molar-refractivity contribution in [3.05, 3.63) is 60.7 Å². The lowest BCUT2D eigenvalue weighted by molar-refractivity contribution is 0.141. The van der Waals surface area contributed by atoms with E-state index in [2.05, 4.69) is 20.2 Å². The molecule has 31 heavy (non-hydrogen) atoms. The molecule has 2 amide bonds. The number of nitrogens with zero attached hydrogens (tertiary/aromatic N) is 1. The second-order valence-electron chi connectivity index (χ2n) is 6.96. The molecule has 0 saturated carbocycles. The highest BCUT2D eigenvalue weighted by Crippen LogP contribution is 2.31. The summed E-state index contributed by atoms with van der Waals surface area (Å²) in [5, 5.41) is 6.69. The summed E-state index contributed by atoms with van der Waals surface area (Å²) >= 11 is 0. The molecule has 5 N–H and O–H groups in total. The van der Waals surface area contributed by atoms with Gasteiger partial charge in [0.1, 0.15) is 0 Å². The van der Waals surface area contributed by atoms with Gasteiger partial charge in [-0.3, -0.25) is 4.72 Å². The molecule has 9 nitrogen and oxygen atoms in total. The Balaban J connectivity index is 1.78. The number of carbonyl (C=O) groups is 1. The Morgan fingerprint density at radius 1 is 0.968 bits per heavy atom. The van der Waals surface area contributed by atoms with Crippen LogP contribution in [0.2, 0.25) is 0 Å². The number of nitrogens with one attached hydrogen (secondary N) is 3. The molecule has 0 fully saturated rings. The molecule has 3 aromatic rings. The zero-order chi connectivity index (χ0) is 22.4. The Morgan fingerprint density at radius 3 is 2.29 bits per heavy atom. The van der Waals surface area contributed by atoms with Crippen molar-refractivity contribution in [1.82, 2.24) is 5.32 Å². The van der Waals surface area contributed by atoms with Crippen LogP contribution in [-0.2, 0) is 14.9 Å². The predicted octanol–water partition coefficient (Wildman–Crippen LogP) is 2.72. The quantitative estimate of drug-likeness (QED) is 0.313. The lowest BCUT2D eigenvalue weighted by Crippen LogP contribution is -2.32. The van der Waals surface area contributed by atoms with Crippen LogP contribution in [0.25, 0.3) is 10.8 Å². The van der Waals surface area contributed by atoms with Crippen molar-refractivity contribution in [2.24, 2.45) is 5.90 Å². The number of carbonyl (C=O) groups excluding carboxylic acids is 1. The molecule has 0 spiro atoms. The SMILES string of the molecule is CN(C)c1cccc2c(S(=O)(=O)Nc3ccc(NC(=O)NCCON)cc3)cccc12. The van der Waals surface area contributed by atoms with Crippen LogP contribution in [0.4, 0.5) is 21.9 Å². The standard InChI is InChI=1S/C21H25N5O4S/c1-26(2)19-7-3-6-18-17(19)5-4-8-20(18)31(28,29)25-16-11-9-15(10-12-16)24-21(27)23-13-14-30-22/h3-12,25H,13-14,22H2,1-2H3,(H2,23,24,27). The Hall–Kier alpha value is -3.34. The first-order chi connectivity index (χ1) is 14.8. The van der Waals surface area contributed by atoms with Gasteiger partial charge in [-0.25, -0.2) is 19.1 Å². The number of rotatable bonds is 8. The molecule has 0 radical (unpaired) electrons. The Bertz CT molecular complexity index is 1160. The van der Waals surface area contributed by atoms with Crippen LogP contribution in [0, 0.1) is 0 Å². The minimum absolute atomic E-state index is 0.192. The monoisotopic (exact) mass is 443 g/mol. The maximum Gasteiger partial charge on any atom is 0.319 e. The van der Waals surface area contributed by atoms with E-state index >= 15 is 0 Å². The van der Waals surface area contributed by atoms with Gasteiger partial charge in [-0.1, -0.05) is 24.3 Å². The van der Waals surface area contributed by atoms with Gasteiger partial charge in [0.25, 0.3) is 10.0 Å². The number of hydrogen-bond donors (Lipinski definition) is 4. The van der Waals surface area contributed by atoms with E-state index in [1.54, 1.807) is 42.5 Å². The third-order valence-electron chi connectivity index (χ3n) is 4.53. The van der Waals surface area contributed by atoms with E-state index in [-0.39, 0.29) is 18.0 Å². The number of amides is 2. The van der Waals surface area contributed by atoms with Gasteiger partial charge >= 0.3 is 6.03 Å². The average Bonchev–Trinajstić information content (AvgIpc) is 2.74. The molecule has 0 aliphatic rings. The lowest BCUT2D eigenvalue weighted by atomic mass is 10.1. The first-order valence-corrected chi connectivity index (χ1v) is 11.0. The summed E-state index contributed by atoms with van der Waals surface area (Å²) in [7, 11) is -0.00167. The molecular formula is C21H25N5O4S. The number of hydrogen-bond acceptors (Lipinski definition) is 6. The summed E-state index contributed by atoms with van der Waals surface area (Å²) in [5.41, 5.74) is 1.82. The van der Waals surface area contributed by atoms with Gasteiger partial charge in [0.2, 0.25) is 0 Å². The smallest absolute Gasteiger partial charge is 0.319 e. The molecule has 0 aromatic heterocycles. The Morgan fingerprint density at radius 2 is 1.61 bits per heavy atom. The van der Waals surface area contributed by atoms with E-state index in [1.807, 2.05) is 37.2 Å². The van der Waals surface area contributed by atoms with E-state index in [4.69, 9.17) is 5.90 Å². The number of anilines is 3. The van der Waals surface area contributed by atoms with Crippen LogP contribution in [-0.4, -0.2) is 41.7 Å². The van der Waals surface area contributed by atoms with Gasteiger partial charge in [0.15, 0.2) is 0 Å². The third kappa shape index (κ3) is 5.43. The van der Waals surface area contributed by atoms with E-state index in [9.17, 15) is 13.2 Å². The molecule has 0 aliphatic heterocycles. The average molecular weight is 444 g/mol. The predicted molar refractivity (Wildman–Crippen MR) is 123 cm³/mol. The summed E-state index contributed by atoms with van der Waals surface area (Å²) in [4.78, 5) is 18.3. The second kappa shape index (κ2) is 9.65. The van der Waals surface area contributed by atoms with Crippen LogP contribution in [0.1, 0.15) is 0 Å². The van der Waals surface area contributed by atoms with Gasteiger partial charge in [-0.15, -0.1) is 0 Å². The normalized spacial score (nSPS) is 11.2. The van der Waals surface area contributed by atoms with Crippen LogP contribution < -0.4 is 26.2 Å². The Kier molecular flexibility index (Phi) is 6.95. The highest BCUT2D eigenvalue weighted by atomic mass is 32.2. The van der Waals surface area contributed by atoms with E-state index in [1.165, 1.54) is 0 Å². The first-order valence-electron chi connectivity index (χ1n) is 9.50. The minimum atomic E-state index is -3.83. The molecule has 0 aliphatic carbocycles. The van der Waals surface area contributed by atoms with Gasteiger partial charge < -0.3 is 20.4 Å². The zero-order valence-corrected chi connectivity index (χ0v) is 18.1. The van der Waals surface area contributed by atoms with Crippen LogP contribution in [0.5, 0.6) is 0 Å². The van der Waals surface area contributed by atoms with E-state index in [0.29, 0.717) is 16.8 Å². The second-order valence-corrected chi connectivity index (χ2v) is 8.61. The summed E-state index contributed by atoms with van der Waals surface area (Å²) in [6.07, 6.45) is 0. The van der Waals surface area contributed by atoms with Crippen molar-refractivity contribution in [2.75, 3.05) is 42.2 Å². The highest BCUT2D eigenvalue weighted by molar-refractivity contribution is 7.93. The lowest BCUT2D eigenvalue weighted by Gasteiger charge is -2.17. The van der Waals surface area contributed by atoms with E-state index in [0.717, 1.165) is 11.1 Å². The van der Waals surface area contributed by atoms with Crippen LogP contribution in [0.3, 0.4) is 0 Å². The number of benzene rings is 3. The van der Waals surface area contributed by atoms with Crippen molar-refractivity contribution in [1.29, 1.82) is 0 Å². The largest absolute Gasteiger partial charge is 0.377 e. The van der Waals surface area contributed by atoms with E-state index < -0.39 is 16.1 Å². The maximum absolute atomic E-state index is 13.1. The minimum Gasteiger partial charge on any atom is -0.377 e. The first kappa shape index (κ1) is 22.3. The molecule has 3 rings (SSSR count). The van der Waals surface area contributed by atoms with Crippen molar-refractivity contribution in [2.45, 2.75) is 4.90 Å². The molecule has 0 unspecified atom stereocenters. The summed E-state index contributed by atoms with van der Waals surface area (Å²) in [5.74, 6) is 4.90. The molecule has 10 heteroatoms. The number of nitrogens with two attached hydrogens (primary N) is 1. The Labute approximate surface area is 181 Å². The van der Waals surface area contributed by atoms with Gasteiger partial charge in [0, 0.05) is 48.5 Å². The topological polar surface area (TPSA) is 126 Å².